The van der Waals surface area contributed by atoms with Crippen LogP contribution in [0.25, 0.3) is 0 Å². The van der Waals surface area contributed by atoms with Crippen molar-refractivity contribution in [1.29, 1.82) is 0 Å². The maximum absolute atomic E-state index is 14.6. The number of halogens is 1. The Balaban J connectivity index is 1.59. The second-order valence-corrected chi connectivity index (χ2v) is 8.12. The summed E-state index contributed by atoms with van der Waals surface area (Å²) >= 11 is 0. The Bertz CT molecular complexity index is 816. The lowest BCUT2D eigenvalue weighted by molar-refractivity contribution is -0.123. The zero-order chi connectivity index (χ0) is 19.5. The van der Waals surface area contributed by atoms with Crippen molar-refractivity contribution in [1.82, 2.24) is 10.3 Å². The minimum absolute atomic E-state index is 0.0472. The number of hydrogen-bond donors (Lipinski definition) is 1. The Morgan fingerprint density at radius 1 is 1.18 bits per heavy atom. The van der Waals surface area contributed by atoms with Crippen LogP contribution in [0.2, 0.25) is 0 Å². The molecule has 1 aromatic carbocycles. The summed E-state index contributed by atoms with van der Waals surface area (Å²) in [5.41, 5.74) is 2.31. The van der Waals surface area contributed by atoms with E-state index >= 15 is 0 Å². The molecule has 2 aliphatic rings. The van der Waals surface area contributed by atoms with E-state index < -0.39 is 6.04 Å². The van der Waals surface area contributed by atoms with Crippen LogP contribution in [0.15, 0.2) is 42.7 Å². The van der Waals surface area contributed by atoms with Crippen molar-refractivity contribution in [3.05, 3.63) is 59.7 Å². The number of anilines is 1. The van der Waals surface area contributed by atoms with Crippen molar-refractivity contribution in [2.75, 3.05) is 11.9 Å². The number of nitrogens with one attached hydrogen (secondary N) is 1. The van der Waals surface area contributed by atoms with Crippen molar-refractivity contribution in [2.24, 2.45) is 0 Å². The molecular formula is C23H28FN3O. The van der Waals surface area contributed by atoms with Crippen LogP contribution in [0.4, 0.5) is 10.1 Å². The smallest absolute Gasteiger partial charge is 0.247 e. The van der Waals surface area contributed by atoms with E-state index in [-0.39, 0.29) is 17.8 Å². The Morgan fingerprint density at radius 3 is 2.61 bits per heavy atom. The number of rotatable bonds is 6. The molecule has 1 unspecified atom stereocenters. The maximum atomic E-state index is 14.6. The lowest BCUT2D eigenvalue weighted by atomic mass is 9.95. The summed E-state index contributed by atoms with van der Waals surface area (Å²) in [6, 6.07) is 8.78. The molecule has 1 heterocycles. The Hall–Kier alpha value is -2.43. The number of carbonyl (C=O) groups excluding carboxylic acids is 1. The third-order valence-corrected chi connectivity index (χ3v) is 6.00. The van der Waals surface area contributed by atoms with Gasteiger partial charge in [-0.25, -0.2) is 4.39 Å². The normalized spacial score (nSPS) is 18.5. The predicted molar refractivity (Wildman–Crippen MR) is 109 cm³/mol. The highest BCUT2D eigenvalue weighted by molar-refractivity contribution is 5.86. The summed E-state index contributed by atoms with van der Waals surface area (Å²) in [7, 11) is 1.85. The van der Waals surface area contributed by atoms with E-state index in [1.165, 1.54) is 6.42 Å². The predicted octanol–water partition coefficient (Wildman–Crippen LogP) is 4.72. The molecule has 0 bridgehead atoms. The van der Waals surface area contributed by atoms with Crippen LogP contribution < -0.4 is 10.2 Å². The molecule has 2 saturated carbocycles. The van der Waals surface area contributed by atoms with Gasteiger partial charge in [0.25, 0.3) is 0 Å². The van der Waals surface area contributed by atoms with Gasteiger partial charge in [0.2, 0.25) is 5.91 Å². The van der Waals surface area contributed by atoms with Crippen LogP contribution in [-0.4, -0.2) is 24.0 Å². The fourth-order valence-electron chi connectivity index (χ4n) is 4.23. The number of benzene rings is 1. The van der Waals surface area contributed by atoms with Gasteiger partial charge in [0.1, 0.15) is 11.9 Å². The fraction of sp³-hybridized carbons (Fsp3) is 0.478. The molecular weight excluding hydrogens is 353 g/mol. The van der Waals surface area contributed by atoms with Gasteiger partial charge in [-0.15, -0.1) is 0 Å². The molecule has 1 atom stereocenters. The molecule has 4 rings (SSSR count). The summed E-state index contributed by atoms with van der Waals surface area (Å²) in [5.74, 6) is 0.140. The third kappa shape index (κ3) is 4.18. The lowest BCUT2D eigenvalue weighted by Crippen LogP contribution is -2.44. The largest absolute Gasteiger partial charge is 0.359 e. The molecule has 4 nitrogen and oxygen atoms in total. The SMILES string of the molecule is CN(c1ccc(C2CC2)c(F)c1)C(C(=O)NC1CCCCC1)c1cccnc1. The van der Waals surface area contributed by atoms with Crippen LogP contribution in [0.3, 0.4) is 0 Å². The number of amides is 1. The average Bonchev–Trinajstić information content (AvgIpc) is 3.55. The summed E-state index contributed by atoms with van der Waals surface area (Å²) in [4.78, 5) is 19.3. The molecule has 5 heteroatoms. The highest BCUT2D eigenvalue weighted by atomic mass is 19.1. The van der Waals surface area contributed by atoms with Gasteiger partial charge in [-0.05, 0) is 55.4 Å². The van der Waals surface area contributed by atoms with Gasteiger partial charge >= 0.3 is 0 Å². The van der Waals surface area contributed by atoms with E-state index in [1.807, 2.05) is 36.2 Å². The monoisotopic (exact) mass is 381 g/mol. The van der Waals surface area contributed by atoms with E-state index in [0.29, 0.717) is 11.6 Å². The molecule has 0 saturated heterocycles. The topological polar surface area (TPSA) is 45.2 Å². The first-order valence-corrected chi connectivity index (χ1v) is 10.4. The van der Waals surface area contributed by atoms with Gasteiger partial charge in [0.05, 0.1) is 0 Å². The Labute approximate surface area is 166 Å². The minimum atomic E-state index is -0.540. The zero-order valence-corrected chi connectivity index (χ0v) is 16.4. The van der Waals surface area contributed by atoms with Gasteiger partial charge < -0.3 is 10.2 Å². The maximum Gasteiger partial charge on any atom is 0.247 e. The van der Waals surface area contributed by atoms with Crippen LogP contribution in [0.5, 0.6) is 0 Å². The highest BCUT2D eigenvalue weighted by Crippen LogP contribution is 2.42. The van der Waals surface area contributed by atoms with Crippen molar-refractivity contribution < 1.29 is 9.18 Å². The fourth-order valence-corrected chi connectivity index (χ4v) is 4.23. The van der Waals surface area contributed by atoms with Crippen LogP contribution in [0.1, 0.15) is 68.0 Å². The molecule has 1 amide bonds. The summed E-state index contributed by atoms with van der Waals surface area (Å²) in [5, 5.41) is 3.22. The van der Waals surface area contributed by atoms with E-state index in [4.69, 9.17) is 0 Å². The van der Waals surface area contributed by atoms with Crippen molar-refractivity contribution in [2.45, 2.75) is 62.9 Å². The van der Waals surface area contributed by atoms with Crippen molar-refractivity contribution >= 4 is 11.6 Å². The first kappa shape index (κ1) is 18.9. The molecule has 0 aliphatic heterocycles. The first-order chi connectivity index (χ1) is 13.6. The second kappa shape index (κ2) is 8.29. The molecule has 0 radical (unpaired) electrons. The van der Waals surface area contributed by atoms with Crippen LogP contribution >= 0.6 is 0 Å². The first-order valence-electron chi connectivity index (χ1n) is 10.4. The molecule has 148 valence electrons. The Kier molecular flexibility index (Phi) is 5.60. The summed E-state index contributed by atoms with van der Waals surface area (Å²) in [6.07, 6.45) is 11.2. The quantitative estimate of drug-likeness (QED) is 0.787. The van der Waals surface area contributed by atoms with E-state index in [0.717, 1.165) is 49.7 Å². The molecule has 1 N–H and O–H groups in total. The van der Waals surface area contributed by atoms with Crippen molar-refractivity contribution in [3.8, 4) is 0 Å². The van der Waals surface area contributed by atoms with Gasteiger partial charge in [-0.3, -0.25) is 9.78 Å². The number of likely N-dealkylation sites (N-methyl/N-ethyl adjacent to an activating group) is 1. The van der Waals surface area contributed by atoms with E-state index in [9.17, 15) is 9.18 Å². The molecule has 1 aromatic heterocycles. The van der Waals surface area contributed by atoms with Crippen LogP contribution in [0, 0.1) is 5.82 Å². The van der Waals surface area contributed by atoms with Gasteiger partial charge in [-0.2, -0.15) is 0 Å². The zero-order valence-electron chi connectivity index (χ0n) is 16.4. The van der Waals surface area contributed by atoms with E-state index in [1.54, 1.807) is 18.5 Å². The molecule has 28 heavy (non-hydrogen) atoms. The third-order valence-electron chi connectivity index (χ3n) is 6.00. The molecule has 2 aliphatic carbocycles. The molecule has 2 aromatic rings. The lowest BCUT2D eigenvalue weighted by Gasteiger charge is -2.32. The Morgan fingerprint density at radius 2 is 1.96 bits per heavy atom. The number of hydrogen-bond acceptors (Lipinski definition) is 3. The summed E-state index contributed by atoms with van der Waals surface area (Å²) < 4.78 is 14.6. The second-order valence-electron chi connectivity index (χ2n) is 8.12. The van der Waals surface area contributed by atoms with Gasteiger partial charge in [-0.1, -0.05) is 31.4 Å². The van der Waals surface area contributed by atoms with E-state index in [2.05, 4.69) is 10.3 Å². The minimum Gasteiger partial charge on any atom is -0.359 e. The van der Waals surface area contributed by atoms with Crippen LogP contribution in [-0.2, 0) is 4.79 Å². The number of aromatic nitrogens is 1. The van der Waals surface area contributed by atoms with Crippen molar-refractivity contribution in [3.63, 3.8) is 0 Å². The summed E-state index contributed by atoms with van der Waals surface area (Å²) in [6.45, 7) is 0. The number of carbonyl (C=O) groups is 1. The van der Waals surface area contributed by atoms with Gasteiger partial charge in [0.15, 0.2) is 0 Å². The molecule has 0 spiro atoms. The standard InChI is InChI=1S/C23H28FN3O/c1-27(19-11-12-20(16-9-10-16)21(24)14-19)22(17-6-5-13-25-15-17)23(28)26-18-7-3-2-4-8-18/h5-6,11-16,18,22H,2-4,7-10H2,1H3,(H,26,28). The van der Waals surface area contributed by atoms with Gasteiger partial charge in [0, 0.05) is 36.7 Å². The molecule has 2 fully saturated rings. The average molecular weight is 381 g/mol. The number of nitrogens with zero attached hydrogens (tertiary/aromatic N) is 2. The number of pyridine rings is 1. The highest BCUT2D eigenvalue weighted by Gasteiger charge is 2.30.